The summed E-state index contributed by atoms with van der Waals surface area (Å²) in [6.45, 7) is 8.88. The molecule has 0 aliphatic carbocycles. The molecule has 0 saturated carbocycles. The molecule has 0 heterocycles. The second-order valence-electron chi connectivity index (χ2n) is 3.44. The molecular formula is C11H14O2S. The van der Waals surface area contributed by atoms with Gasteiger partial charge in [0.1, 0.15) is 0 Å². The normalized spacial score (nSPS) is 11.4. The molecule has 14 heavy (non-hydrogen) atoms. The molecule has 0 radical (unpaired) electrons. The molecule has 0 bridgehead atoms. The maximum Gasteiger partial charge on any atom is 0.199 e. The monoisotopic (exact) mass is 210 g/mol. The first kappa shape index (κ1) is 11.0. The summed E-state index contributed by atoms with van der Waals surface area (Å²) in [5, 5.41) is 0.998. The molecule has 0 spiro atoms. The Morgan fingerprint density at radius 3 is 1.93 bits per heavy atom. The van der Waals surface area contributed by atoms with Gasteiger partial charge in [-0.1, -0.05) is 24.3 Å². The highest BCUT2D eigenvalue weighted by atomic mass is 32.2. The van der Waals surface area contributed by atoms with E-state index in [1.165, 1.54) is 0 Å². The molecule has 0 unspecified atom stereocenters. The van der Waals surface area contributed by atoms with Crippen LogP contribution in [0.3, 0.4) is 0 Å². The third-order valence-corrected chi connectivity index (χ3v) is 3.76. The van der Waals surface area contributed by atoms with E-state index in [0.29, 0.717) is 4.90 Å². The number of hydrogen-bond acceptors (Lipinski definition) is 2. The molecule has 0 atom stereocenters. The zero-order valence-electron chi connectivity index (χ0n) is 8.66. The number of rotatable bonds is 2. The lowest BCUT2D eigenvalue weighted by Crippen LogP contribution is -2.02. The van der Waals surface area contributed by atoms with Crippen LogP contribution in [0, 0.1) is 20.8 Å². The van der Waals surface area contributed by atoms with Gasteiger partial charge in [-0.3, -0.25) is 0 Å². The van der Waals surface area contributed by atoms with Gasteiger partial charge in [0.25, 0.3) is 0 Å². The van der Waals surface area contributed by atoms with Crippen LogP contribution in [-0.2, 0) is 9.84 Å². The largest absolute Gasteiger partial charge is 0.219 e. The predicted octanol–water partition coefficient (Wildman–Crippen LogP) is 2.53. The molecule has 1 aromatic carbocycles. The summed E-state index contributed by atoms with van der Waals surface area (Å²) in [6, 6.07) is 3.73. The summed E-state index contributed by atoms with van der Waals surface area (Å²) < 4.78 is 23.3. The van der Waals surface area contributed by atoms with Crippen molar-refractivity contribution in [1.29, 1.82) is 0 Å². The predicted molar refractivity (Wildman–Crippen MR) is 58.0 cm³/mol. The summed E-state index contributed by atoms with van der Waals surface area (Å²) in [4.78, 5) is 0.387. The van der Waals surface area contributed by atoms with Crippen molar-refractivity contribution in [1.82, 2.24) is 0 Å². The highest BCUT2D eigenvalue weighted by Gasteiger charge is 2.15. The average Bonchev–Trinajstić information content (AvgIpc) is 2.01. The number of sulfone groups is 1. The number of hydrogen-bond donors (Lipinski definition) is 0. The lowest BCUT2D eigenvalue weighted by Gasteiger charge is -2.08. The summed E-state index contributed by atoms with van der Waals surface area (Å²) in [6.07, 6.45) is 0. The van der Waals surface area contributed by atoms with E-state index in [4.69, 9.17) is 0 Å². The van der Waals surface area contributed by atoms with Crippen molar-refractivity contribution in [3.8, 4) is 0 Å². The van der Waals surface area contributed by atoms with Gasteiger partial charge in [0.05, 0.1) is 4.90 Å². The van der Waals surface area contributed by atoms with Crippen LogP contribution < -0.4 is 0 Å². The van der Waals surface area contributed by atoms with Gasteiger partial charge in [0.15, 0.2) is 9.84 Å². The number of benzene rings is 1. The van der Waals surface area contributed by atoms with Gasteiger partial charge in [-0.2, -0.15) is 0 Å². The fraction of sp³-hybridized carbons (Fsp3) is 0.273. The molecule has 0 aliphatic heterocycles. The minimum absolute atomic E-state index is 0.387. The smallest absolute Gasteiger partial charge is 0.199 e. The molecule has 0 aliphatic rings. The van der Waals surface area contributed by atoms with E-state index in [1.807, 2.05) is 19.1 Å². The van der Waals surface area contributed by atoms with Crippen molar-refractivity contribution in [2.75, 3.05) is 0 Å². The van der Waals surface area contributed by atoms with Crippen molar-refractivity contribution in [3.05, 3.63) is 40.8 Å². The highest BCUT2D eigenvalue weighted by Crippen LogP contribution is 2.22. The molecule has 76 valence electrons. The summed E-state index contributed by atoms with van der Waals surface area (Å²) in [5.74, 6) is 0. The molecule has 2 nitrogen and oxygen atoms in total. The molecule has 0 N–H and O–H groups in total. The van der Waals surface area contributed by atoms with Gasteiger partial charge in [0.2, 0.25) is 0 Å². The van der Waals surface area contributed by atoms with E-state index in [9.17, 15) is 8.42 Å². The van der Waals surface area contributed by atoms with Gasteiger partial charge >= 0.3 is 0 Å². The van der Waals surface area contributed by atoms with Gasteiger partial charge < -0.3 is 0 Å². The standard InChI is InChI=1S/C11H14O2S/c1-5-14(12,13)11-9(3)6-8(2)7-10(11)4/h5-7H,1H2,2-4H3. The van der Waals surface area contributed by atoms with Crippen molar-refractivity contribution < 1.29 is 8.42 Å². The maximum atomic E-state index is 11.6. The van der Waals surface area contributed by atoms with E-state index in [0.717, 1.165) is 22.1 Å². The van der Waals surface area contributed by atoms with Crippen LogP contribution in [0.25, 0.3) is 0 Å². The minimum Gasteiger partial charge on any atom is -0.219 e. The van der Waals surface area contributed by atoms with Crippen LogP contribution in [0.1, 0.15) is 16.7 Å². The van der Waals surface area contributed by atoms with Crippen LogP contribution in [0.15, 0.2) is 29.0 Å². The van der Waals surface area contributed by atoms with Crippen LogP contribution in [0.5, 0.6) is 0 Å². The van der Waals surface area contributed by atoms with Crippen molar-refractivity contribution in [3.63, 3.8) is 0 Å². The summed E-state index contributed by atoms with van der Waals surface area (Å²) in [7, 11) is -3.31. The Morgan fingerprint density at radius 1 is 1.14 bits per heavy atom. The molecular weight excluding hydrogens is 196 g/mol. The Hall–Kier alpha value is -1.09. The first-order valence-corrected chi connectivity index (χ1v) is 5.88. The maximum absolute atomic E-state index is 11.6. The highest BCUT2D eigenvalue weighted by molar-refractivity contribution is 7.94. The second-order valence-corrected chi connectivity index (χ2v) is 5.27. The molecule has 0 fully saturated rings. The van der Waals surface area contributed by atoms with Crippen molar-refractivity contribution in [2.24, 2.45) is 0 Å². The van der Waals surface area contributed by atoms with Crippen molar-refractivity contribution >= 4 is 9.84 Å². The average molecular weight is 210 g/mol. The zero-order valence-corrected chi connectivity index (χ0v) is 9.48. The number of aryl methyl sites for hydroxylation is 3. The zero-order chi connectivity index (χ0) is 10.9. The van der Waals surface area contributed by atoms with E-state index in [1.54, 1.807) is 13.8 Å². The Bertz CT molecular complexity index is 447. The minimum atomic E-state index is -3.31. The topological polar surface area (TPSA) is 34.1 Å². The van der Waals surface area contributed by atoms with E-state index in [2.05, 4.69) is 6.58 Å². The van der Waals surface area contributed by atoms with Gasteiger partial charge in [-0.25, -0.2) is 8.42 Å². The van der Waals surface area contributed by atoms with Crippen LogP contribution in [0.2, 0.25) is 0 Å². The van der Waals surface area contributed by atoms with Crippen LogP contribution in [0.4, 0.5) is 0 Å². The Kier molecular flexibility index (Phi) is 2.81. The van der Waals surface area contributed by atoms with Gasteiger partial charge in [-0.15, -0.1) is 0 Å². The molecule has 0 aromatic heterocycles. The van der Waals surface area contributed by atoms with Crippen LogP contribution in [-0.4, -0.2) is 8.42 Å². The fourth-order valence-electron chi connectivity index (χ4n) is 1.70. The summed E-state index contributed by atoms with van der Waals surface area (Å²) in [5.41, 5.74) is 2.63. The molecule has 3 heteroatoms. The Labute approximate surface area is 85.2 Å². The summed E-state index contributed by atoms with van der Waals surface area (Å²) >= 11 is 0. The molecule has 0 saturated heterocycles. The van der Waals surface area contributed by atoms with E-state index >= 15 is 0 Å². The first-order chi connectivity index (χ1) is 6.38. The van der Waals surface area contributed by atoms with Gasteiger partial charge in [-0.05, 0) is 31.9 Å². The quantitative estimate of drug-likeness (QED) is 0.751. The lowest BCUT2D eigenvalue weighted by atomic mass is 10.1. The molecule has 1 aromatic rings. The molecule has 1 rings (SSSR count). The molecule has 0 amide bonds. The Balaban J connectivity index is 3.59. The Morgan fingerprint density at radius 2 is 1.57 bits per heavy atom. The lowest BCUT2D eigenvalue weighted by molar-refractivity contribution is 0.603. The second kappa shape index (κ2) is 3.58. The van der Waals surface area contributed by atoms with E-state index < -0.39 is 9.84 Å². The first-order valence-electron chi connectivity index (χ1n) is 4.34. The fourth-order valence-corrected chi connectivity index (χ4v) is 2.88. The SMILES string of the molecule is C=CS(=O)(=O)c1c(C)cc(C)cc1C. The third kappa shape index (κ3) is 1.87. The third-order valence-electron chi connectivity index (χ3n) is 2.11. The van der Waals surface area contributed by atoms with Crippen molar-refractivity contribution in [2.45, 2.75) is 25.7 Å². The van der Waals surface area contributed by atoms with Gasteiger partial charge in [0, 0.05) is 5.41 Å². The van der Waals surface area contributed by atoms with E-state index in [-0.39, 0.29) is 0 Å². The van der Waals surface area contributed by atoms with Crippen LogP contribution >= 0.6 is 0 Å².